The predicted octanol–water partition coefficient (Wildman–Crippen LogP) is 3.17. The van der Waals surface area contributed by atoms with Gasteiger partial charge in [-0.05, 0) is 51.3 Å². The van der Waals surface area contributed by atoms with Crippen molar-refractivity contribution < 1.29 is 9.47 Å². The van der Waals surface area contributed by atoms with Gasteiger partial charge in [0, 0.05) is 11.4 Å². The predicted molar refractivity (Wildman–Crippen MR) is 80.9 cm³/mol. The minimum atomic E-state index is 0.0786. The molecule has 4 nitrogen and oxygen atoms in total. The average molecular weight is 284 g/mol. The van der Waals surface area contributed by atoms with Gasteiger partial charge in [0.1, 0.15) is 18.5 Å². The van der Waals surface area contributed by atoms with Crippen LogP contribution in [0.25, 0.3) is 0 Å². The molecule has 1 aromatic carbocycles. The van der Waals surface area contributed by atoms with E-state index < -0.39 is 0 Å². The molecule has 0 N–H and O–H groups in total. The number of benzene rings is 1. The third-order valence-electron chi connectivity index (χ3n) is 3.87. The van der Waals surface area contributed by atoms with Crippen LogP contribution in [0.2, 0.25) is 0 Å². The Morgan fingerprint density at radius 3 is 2.67 bits per heavy atom. The van der Waals surface area contributed by atoms with Crippen molar-refractivity contribution in [1.29, 1.82) is 0 Å². The van der Waals surface area contributed by atoms with E-state index in [4.69, 9.17) is 9.47 Å². The minimum absolute atomic E-state index is 0.0786. The van der Waals surface area contributed by atoms with Gasteiger partial charge >= 0.3 is 0 Å². The highest BCUT2D eigenvalue weighted by atomic mass is 16.6. The van der Waals surface area contributed by atoms with E-state index in [1.165, 1.54) is 5.56 Å². The second-order valence-corrected chi connectivity index (χ2v) is 5.46. The van der Waals surface area contributed by atoms with Crippen molar-refractivity contribution in [3.05, 3.63) is 47.0 Å². The molecule has 1 aliphatic heterocycles. The maximum Gasteiger partial charge on any atom is 0.161 e. The first-order chi connectivity index (χ1) is 10.1. The van der Waals surface area contributed by atoms with Gasteiger partial charge < -0.3 is 9.47 Å². The smallest absolute Gasteiger partial charge is 0.161 e. The number of hydrogen-bond donors (Lipinski definition) is 0. The summed E-state index contributed by atoms with van der Waals surface area (Å²) in [6.45, 7) is 6.65. The monoisotopic (exact) mass is 284 g/mol. The van der Waals surface area contributed by atoms with E-state index in [2.05, 4.69) is 16.9 Å². The fourth-order valence-corrected chi connectivity index (χ4v) is 2.59. The maximum atomic E-state index is 5.99. The molecule has 4 heteroatoms. The van der Waals surface area contributed by atoms with Gasteiger partial charge in [-0.1, -0.05) is 12.1 Å². The normalized spacial score (nSPS) is 16.8. The molecule has 0 bridgehead atoms. The van der Waals surface area contributed by atoms with E-state index in [1.807, 2.05) is 38.1 Å². The summed E-state index contributed by atoms with van der Waals surface area (Å²) in [4.78, 5) is 8.95. The minimum Gasteiger partial charge on any atom is -0.486 e. The fraction of sp³-hybridized carbons (Fsp3) is 0.412. The van der Waals surface area contributed by atoms with Gasteiger partial charge in [0.15, 0.2) is 11.5 Å². The van der Waals surface area contributed by atoms with Crippen LogP contribution in [0.5, 0.6) is 11.5 Å². The van der Waals surface area contributed by atoms with E-state index in [-0.39, 0.29) is 6.10 Å². The maximum absolute atomic E-state index is 5.99. The van der Waals surface area contributed by atoms with Crippen LogP contribution in [0, 0.1) is 20.8 Å². The van der Waals surface area contributed by atoms with Crippen molar-refractivity contribution >= 4 is 0 Å². The topological polar surface area (TPSA) is 44.2 Å². The van der Waals surface area contributed by atoms with E-state index in [0.29, 0.717) is 6.61 Å². The van der Waals surface area contributed by atoms with Gasteiger partial charge in [-0.25, -0.2) is 9.97 Å². The summed E-state index contributed by atoms with van der Waals surface area (Å²) >= 11 is 0. The lowest BCUT2D eigenvalue weighted by atomic mass is 10.1. The molecule has 0 aliphatic carbocycles. The Labute approximate surface area is 125 Å². The second-order valence-electron chi connectivity index (χ2n) is 5.46. The van der Waals surface area contributed by atoms with Crippen LogP contribution in [0.15, 0.2) is 24.3 Å². The molecule has 2 heterocycles. The molecule has 0 unspecified atom stereocenters. The summed E-state index contributed by atoms with van der Waals surface area (Å²) < 4.78 is 11.7. The van der Waals surface area contributed by atoms with Crippen LogP contribution in [-0.4, -0.2) is 22.7 Å². The third kappa shape index (κ3) is 2.99. The Hall–Kier alpha value is -2.10. The number of aryl methyl sites for hydroxylation is 3. The number of para-hydroxylation sites is 2. The zero-order valence-electron chi connectivity index (χ0n) is 12.7. The van der Waals surface area contributed by atoms with E-state index in [1.54, 1.807) is 0 Å². The van der Waals surface area contributed by atoms with E-state index in [0.717, 1.165) is 41.6 Å². The Morgan fingerprint density at radius 1 is 1.10 bits per heavy atom. The lowest BCUT2D eigenvalue weighted by Crippen LogP contribution is -2.29. The van der Waals surface area contributed by atoms with Crippen molar-refractivity contribution in [1.82, 2.24) is 9.97 Å². The third-order valence-corrected chi connectivity index (χ3v) is 3.87. The largest absolute Gasteiger partial charge is 0.486 e. The van der Waals surface area contributed by atoms with Gasteiger partial charge in [0.2, 0.25) is 0 Å². The van der Waals surface area contributed by atoms with Gasteiger partial charge in [0.05, 0.1) is 0 Å². The Kier molecular flexibility index (Phi) is 3.78. The van der Waals surface area contributed by atoms with Crippen molar-refractivity contribution in [2.45, 2.75) is 39.7 Å². The number of ether oxygens (including phenoxy) is 2. The first-order valence-corrected chi connectivity index (χ1v) is 7.32. The summed E-state index contributed by atoms with van der Waals surface area (Å²) in [6, 6.07) is 7.81. The van der Waals surface area contributed by atoms with Crippen LogP contribution in [0.1, 0.15) is 29.2 Å². The quantitative estimate of drug-likeness (QED) is 0.868. The first kappa shape index (κ1) is 13.9. The molecular formula is C17H20N2O2. The summed E-state index contributed by atoms with van der Waals surface area (Å²) in [7, 11) is 0. The number of fused-ring (bicyclic) bond motifs is 1. The molecular weight excluding hydrogens is 264 g/mol. The number of rotatable bonds is 3. The molecule has 1 aromatic heterocycles. The zero-order valence-corrected chi connectivity index (χ0v) is 12.7. The Bertz CT molecular complexity index is 655. The van der Waals surface area contributed by atoms with Gasteiger partial charge in [0.25, 0.3) is 0 Å². The highest BCUT2D eigenvalue weighted by Gasteiger charge is 2.21. The number of nitrogens with zero attached hydrogens (tertiary/aromatic N) is 2. The van der Waals surface area contributed by atoms with Crippen LogP contribution in [0.4, 0.5) is 0 Å². The van der Waals surface area contributed by atoms with Gasteiger partial charge in [-0.3, -0.25) is 0 Å². The van der Waals surface area contributed by atoms with Crippen LogP contribution in [-0.2, 0) is 6.42 Å². The lowest BCUT2D eigenvalue weighted by molar-refractivity contribution is 0.0849. The molecule has 21 heavy (non-hydrogen) atoms. The molecule has 3 rings (SSSR count). The molecule has 110 valence electrons. The molecule has 0 spiro atoms. The van der Waals surface area contributed by atoms with E-state index in [9.17, 15) is 0 Å². The highest BCUT2D eigenvalue weighted by molar-refractivity contribution is 5.40. The van der Waals surface area contributed by atoms with Crippen molar-refractivity contribution in [3.63, 3.8) is 0 Å². The van der Waals surface area contributed by atoms with E-state index >= 15 is 0 Å². The highest BCUT2D eigenvalue weighted by Crippen LogP contribution is 2.31. The van der Waals surface area contributed by atoms with Gasteiger partial charge in [-0.2, -0.15) is 0 Å². The molecule has 1 atom stereocenters. The van der Waals surface area contributed by atoms with Crippen LogP contribution >= 0.6 is 0 Å². The SMILES string of the molecule is Cc1nc(C)c(C)c(CC[C@H]2COc3ccccc3O2)n1. The molecule has 0 radical (unpaired) electrons. The molecule has 1 aliphatic rings. The first-order valence-electron chi connectivity index (χ1n) is 7.32. The average Bonchev–Trinajstić information content (AvgIpc) is 2.49. The van der Waals surface area contributed by atoms with Crippen LogP contribution < -0.4 is 9.47 Å². The summed E-state index contributed by atoms with van der Waals surface area (Å²) in [5.74, 6) is 2.50. The second kappa shape index (κ2) is 5.72. The Balaban J connectivity index is 1.67. The van der Waals surface area contributed by atoms with Crippen molar-refractivity contribution in [3.8, 4) is 11.5 Å². The zero-order chi connectivity index (χ0) is 14.8. The van der Waals surface area contributed by atoms with Crippen LogP contribution in [0.3, 0.4) is 0 Å². The van der Waals surface area contributed by atoms with Crippen molar-refractivity contribution in [2.75, 3.05) is 6.61 Å². The summed E-state index contributed by atoms with van der Waals surface area (Å²) in [5, 5.41) is 0. The molecule has 0 saturated carbocycles. The Morgan fingerprint density at radius 2 is 1.86 bits per heavy atom. The molecule has 0 fully saturated rings. The standard InChI is InChI=1S/C17H20N2O2/c1-11-12(2)18-13(3)19-15(11)9-8-14-10-20-16-6-4-5-7-17(16)21-14/h4-7,14H,8-10H2,1-3H3/t14-/m0/s1. The molecule has 0 amide bonds. The molecule has 0 saturated heterocycles. The summed E-state index contributed by atoms with van der Waals surface area (Å²) in [6.07, 6.45) is 1.85. The lowest BCUT2D eigenvalue weighted by Gasteiger charge is -2.26. The summed E-state index contributed by atoms with van der Waals surface area (Å²) in [5.41, 5.74) is 3.35. The number of aromatic nitrogens is 2. The van der Waals surface area contributed by atoms with Gasteiger partial charge in [-0.15, -0.1) is 0 Å². The van der Waals surface area contributed by atoms with Crippen molar-refractivity contribution in [2.24, 2.45) is 0 Å². The number of hydrogen-bond acceptors (Lipinski definition) is 4. The molecule has 2 aromatic rings. The fourth-order valence-electron chi connectivity index (χ4n) is 2.59.